The molecule has 0 saturated carbocycles. The molecule has 0 aliphatic heterocycles. The fourth-order valence-electron chi connectivity index (χ4n) is 1.44. The van der Waals surface area contributed by atoms with Gasteiger partial charge in [0.05, 0.1) is 19.5 Å². The SMILES string of the molecule is COc1cc(C)ccc1Oc1cncc(NN)n1. The van der Waals surface area contributed by atoms with Gasteiger partial charge in [-0.3, -0.25) is 4.98 Å². The molecule has 1 aromatic heterocycles. The molecule has 0 saturated heterocycles. The summed E-state index contributed by atoms with van der Waals surface area (Å²) >= 11 is 0. The molecule has 0 radical (unpaired) electrons. The lowest BCUT2D eigenvalue weighted by molar-refractivity contribution is 0.373. The third-order valence-corrected chi connectivity index (χ3v) is 2.29. The Labute approximate surface area is 105 Å². The summed E-state index contributed by atoms with van der Waals surface area (Å²) in [5, 5.41) is 0. The van der Waals surface area contributed by atoms with Gasteiger partial charge in [-0.25, -0.2) is 5.84 Å². The Morgan fingerprint density at radius 2 is 2.06 bits per heavy atom. The van der Waals surface area contributed by atoms with Crippen LogP contribution in [0.3, 0.4) is 0 Å². The smallest absolute Gasteiger partial charge is 0.240 e. The predicted molar refractivity (Wildman–Crippen MR) is 67.6 cm³/mol. The van der Waals surface area contributed by atoms with Gasteiger partial charge in [-0.2, -0.15) is 4.98 Å². The van der Waals surface area contributed by atoms with Gasteiger partial charge in [-0.1, -0.05) is 6.07 Å². The van der Waals surface area contributed by atoms with Crippen molar-refractivity contribution in [2.24, 2.45) is 5.84 Å². The molecule has 0 fully saturated rings. The molecule has 6 nitrogen and oxygen atoms in total. The monoisotopic (exact) mass is 246 g/mol. The number of hydrogen-bond acceptors (Lipinski definition) is 6. The van der Waals surface area contributed by atoms with E-state index < -0.39 is 0 Å². The van der Waals surface area contributed by atoms with Crippen molar-refractivity contribution < 1.29 is 9.47 Å². The average Bonchev–Trinajstić information content (AvgIpc) is 2.41. The molecule has 18 heavy (non-hydrogen) atoms. The summed E-state index contributed by atoms with van der Waals surface area (Å²) in [6.45, 7) is 1.98. The second-order valence-corrected chi connectivity index (χ2v) is 3.64. The van der Waals surface area contributed by atoms with Gasteiger partial charge in [0.15, 0.2) is 17.3 Å². The van der Waals surface area contributed by atoms with Crippen molar-refractivity contribution in [3.05, 3.63) is 36.2 Å². The highest BCUT2D eigenvalue weighted by atomic mass is 16.5. The largest absolute Gasteiger partial charge is 0.493 e. The summed E-state index contributed by atoms with van der Waals surface area (Å²) in [4.78, 5) is 8.06. The molecular weight excluding hydrogens is 232 g/mol. The first-order valence-electron chi connectivity index (χ1n) is 5.34. The molecule has 3 N–H and O–H groups in total. The summed E-state index contributed by atoms with van der Waals surface area (Å²) in [7, 11) is 1.59. The van der Waals surface area contributed by atoms with E-state index in [-0.39, 0.29) is 0 Å². The van der Waals surface area contributed by atoms with Gasteiger partial charge >= 0.3 is 0 Å². The van der Waals surface area contributed by atoms with E-state index in [2.05, 4.69) is 15.4 Å². The van der Waals surface area contributed by atoms with Crippen LogP contribution in [0.4, 0.5) is 5.82 Å². The van der Waals surface area contributed by atoms with Crippen LogP contribution in [0.5, 0.6) is 17.4 Å². The Kier molecular flexibility index (Phi) is 3.59. The van der Waals surface area contributed by atoms with E-state index in [0.717, 1.165) is 5.56 Å². The minimum atomic E-state index is 0.340. The number of nitrogens with two attached hydrogens (primary N) is 1. The van der Waals surface area contributed by atoms with E-state index in [1.54, 1.807) is 7.11 Å². The highest BCUT2D eigenvalue weighted by Gasteiger charge is 2.07. The first-order chi connectivity index (χ1) is 8.72. The van der Waals surface area contributed by atoms with Crippen molar-refractivity contribution in [1.82, 2.24) is 9.97 Å². The number of nitrogen functional groups attached to an aromatic ring is 1. The van der Waals surface area contributed by atoms with Crippen LogP contribution in [0.15, 0.2) is 30.6 Å². The number of hydrogen-bond donors (Lipinski definition) is 2. The first kappa shape index (κ1) is 12.1. The molecule has 2 aromatic rings. The maximum absolute atomic E-state index is 5.60. The van der Waals surface area contributed by atoms with Gasteiger partial charge in [0.2, 0.25) is 5.88 Å². The lowest BCUT2D eigenvalue weighted by atomic mass is 10.2. The molecule has 2 rings (SSSR count). The van der Waals surface area contributed by atoms with Crippen molar-refractivity contribution >= 4 is 5.82 Å². The van der Waals surface area contributed by atoms with Crippen molar-refractivity contribution in [3.63, 3.8) is 0 Å². The zero-order valence-corrected chi connectivity index (χ0v) is 10.2. The Morgan fingerprint density at radius 3 is 2.78 bits per heavy atom. The normalized spacial score (nSPS) is 9.94. The standard InChI is InChI=1S/C12H14N4O2/c1-8-3-4-9(10(5-8)17-2)18-12-7-14-6-11(15-12)16-13/h3-7H,13H2,1-2H3,(H,15,16). The van der Waals surface area contributed by atoms with Gasteiger partial charge in [0.1, 0.15) is 0 Å². The van der Waals surface area contributed by atoms with Gasteiger partial charge in [0.25, 0.3) is 0 Å². The van der Waals surface area contributed by atoms with E-state index in [1.165, 1.54) is 12.4 Å². The van der Waals surface area contributed by atoms with Crippen molar-refractivity contribution in [2.75, 3.05) is 12.5 Å². The van der Waals surface area contributed by atoms with E-state index >= 15 is 0 Å². The third kappa shape index (κ3) is 2.67. The first-order valence-corrected chi connectivity index (χ1v) is 5.34. The Morgan fingerprint density at radius 1 is 1.22 bits per heavy atom. The molecule has 0 bridgehead atoms. The topological polar surface area (TPSA) is 82.3 Å². The zero-order valence-electron chi connectivity index (χ0n) is 10.2. The van der Waals surface area contributed by atoms with Crippen LogP contribution >= 0.6 is 0 Å². The second kappa shape index (κ2) is 5.33. The number of benzene rings is 1. The van der Waals surface area contributed by atoms with Gasteiger partial charge in [-0.15, -0.1) is 0 Å². The molecule has 94 valence electrons. The molecule has 6 heteroatoms. The van der Waals surface area contributed by atoms with Crippen molar-refractivity contribution in [2.45, 2.75) is 6.92 Å². The van der Waals surface area contributed by atoms with Gasteiger partial charge < -0.3 is 14.9 Å². The number of anilines is 1. The minimum Gasteiger partial charge on any atom is -0.493 e. The number of aromatic nitrogens is 2. The molecule has 1 aromatic carbocycles. The number of methoxy groups -OCH3 is 1. The van der Waals surface area contributed by atoms with Crippen LogP contribution in [0, 0.1) is 6.92 Å². The Balaban J connectivity index is 2.27. The summed E-state index contributed by atoms with van der Waals surface area (Å²) in [6.07, 6.45) is 3.00. The highest BCUT2D eigenvalue weighted by molar-refractivity contribution is 5.44. The van der Waals surface area contributed by atoms with Gasteiger partial charge in [0, 0.05) is 0 Å². The number of nitrogens with one attached hydrogen (secondary N) is 1. The van der Waals surface area contributed by atoms with Crippen LogP contribution < -0.4 is 20.7 Å². The fourth-order valence-corrected chi connectivity index (χ4v) is 1.44. The molecule has 0 atom stereocenters. The van der Waals surface area contributed by atoms with E-state index in [0.29, 0.717) is 23.2 Å². The maximum Gasteiger partial charge on any atom is 0.240 e. The van der Waals surface area contributed by atoms with Crippen LogP contribution in [-0.2, 0) is 0 Å². The van der Waals surface area contributed by atoms with Crippen LogP contribution in [-0.4, -0.2) is 17.1 Å². The number of hydrazine groups is 1. The quantitative estimate of drug-likeness (QED) is 0.633. The number of rotatable bonds is 4. The second-order valence-electron chi connectivity index (χ2n) is 3.64. The minimum absolute atomic E-state index is 0.340. The van der Waals surface area contributed by atoms with Crippen LogP contribution in [0.25, 0.3) is 0 Å². The summed E-state index contributed by atoms with van der Waals surface area (Å²) in [5.41, 5.74) is 3.49. The van der Waals surface area contributed by atoms with Crippen LogP contribution in [0.1, 0.15) is 5.56 Å². The number of aryl methyl sites for hydroxylation is 1. The molecule has 0 aliphatic rings. The summed E-state index contributed by atoms with van der Waals surface area (Å²) in [6, 6.07) is 5.63. The average molecular weight is 246 g/mol. The molecule has 0 aliphatic carbocycles. The summed E-state index contributed by atoms with van der Waals surface area (Å²) < 4.78 is 10.8. The Hall–Kier alpha value is -2.34. The molecule has 0 amide bonds. The van der Waals surface area contributed by atoms with E-state index in [9.17, 15) is 0 Å². The Bertz CT molecular complexity index is 545. The van der Waals surface area contributed by atoms with Crippen molar-refractivity contribution in [3.8, 4) is 17.4 Å². The van der Waals surface area contributed by atoms with E-state index in [4.69, 9.17) is 15.3 Å². The zero-order chi connectivity index (χ0) is 13.0. The maximum atomic E-state index is 5.60. The lowest BCUT2D eigenvalue weighted by Gasteiger charge is -2.10. The molecular formula is C12H14N4O2. The molecule has 0 unspecified atom stereocenters. The van der Waals surface area contributed by atoms with Gasteiger partial charge in [-0.05, 0) is 24.6 Å². The molecule has 1 heterocycles. The predicted octanol–water partition coefficient (Wildman–Crippen LogP) is 1.87. The highest BCUT2D eigenvalue weighted by Crippen LogP contribution is 2.31. The van der Waals surface area contributed by atoms with Crippen molar-refractivity contribution in [1.29, 1.82) is 0 Å². The third-order valence-electron chi connectivity index (χ3n) is 2.29. The van der Waals surface area contributed by atoms with E-state index in [1.807, 2.05) is 25.1 Å². The van der Waals surface area contributed by atoms with Crippen LogP contribution in [0.2, 0.25) is 0 Å². The molecule has 0 spiro atoms. The fraction of sp³-hybridized carbons (Fsp3) is 0.167. The number of ether oxygens (including phenoxy) is 2. The lowest BCUT2D eigenvalue weighted by Crippen LogP contribution is -2.09. The summed E-state index contributed by atoms with van der Waals surface area (Å²) in [5.74, 6) is 7.24. The number of nitrogens with zero attached hydrogens (tertiary/aromatic N) is 2.